The van der Waals surface area contributed by atoms with E-state index in [1.807, 2.05) is 18.2 Å². The van der Waals surface area contributed by atoms with E-state index in [0.717, 1.165) is 86.2 Å². The number of carbonyl (C=O) groups is 2. The molecule has 3 aliphatic heterocycles. The molecule has 3 atom stereocenters. The predicted molar refractivity (Wildman–Crippen MR) is 191 cm³/mol. The van der Waals surface area contributed by atoms with Gasteiger partial charge in [0.2, 0.25) is 15.9 Å². The van der Waals surface area contributed by atoms with Crippen molar-refractivity contribution in [3.63, 3.8) is 0 Å². The number of likely N-dealkylation sites (tertiary alicyclic amines) is 2. The van der Waals surface area contributed by atoms with Gasteiger partial charge in [0.15, 0.2) is 0 Å². The maximum atomic E-state index is 15.0. The van der Waals surface area contributed by atoms with Crippen molar-refractivity contribution in [1.29, 1.82) is 0 Å². The van der Waals surface area contributed by atoms with Crippen LogP contribution in [-0.4, -0.2) is 80.2 Å². The Morgan fingerprint density at radius 3 is 2.47 bits per heavy atom. The molecule has 49 heavy (non-hydrogen) atoms. The second-order valence-corrected chi connectivity index (χ2v) is 18.4. The summed E-state index contributed by atoms with van der Waals surface area (Å²) in [4.78, 5) is 33.1. The third kappa shape index (κ3) is 5.39. The number of hydrogen-bond acceptors (Lipinski definition) is 6. The molecule has 2 aliphatic carbocycles. The molecule has 0 radical (unpaired) electrons. The van der Waals surface area contributed by atoms with Crippen LogP contribution < -0.4 is 9.46 Å². The van der Waals surface area contributed by atoms with E-state index in [4.69, 9.17) is 4.74 Å². The van der Waals surface area contributed by atoms with Crippen LogP contribution in [0.3, 0.4) is 0 Å². The Bertz CT molecular complexity index is 1940. The highest BCUT2D eigenvalue weighted by molar-refractivity contribution is 7.90. The summed E-state index contributed by atoms with van der Waals surface area (Å²) in [5.74, 6) is 0.869. The molecule has 262 valence electrons. The number of fused-ring (bicyclic) bond motifs is 7. The van der Waals surface area contributed by atoms with Crippen molar-refractivity contribution in [2.45, 2.75) is 95.3 Å². The average molecular weight is 687 g/mol. The molecule has 1 spiro atoms. The molecule has 1 aromatic heterocycles. The predicted octanol–water partition coefficient (Wildman–Crippen LogP) is 6.26. The summed E-state index contributed by atoms with van der Waals surface area (Å²) in [6, 6.07) is 12.0. The van der Waals surface area contributed by atoms with Gasteiger partial charge in [0.25, 0.3) is 5.91 Å². The molecular formula is C39H50N4O5S. The Balaban J connectivity index is 1.29. The van der Waals surface area contributed by atoms with Gasteiger partial charge >= 0.3 is 0 Å². The first-order chi connectivity index (χ1) is 23.4. The molecule has 10 heteroatoms. The summed E-state index contributed by atoms with van der Waals surface area (Å²) in [7, 11) is 0.0903. The smallest absolute Gasteiger partial charge is 0.264 e. The third-order valence-corrected chi connectivity index (χ3v) is 14.4. The highest BCUT2D eigenvalue weighted by atomic mass is 32.2. The number of hydrogen-bond donors (Lipinski definition) is 1. The molecule has 0 bridgehead atoms. The van der Waals surface area contributed by atoms with Crippen molar-refractivity contribution in [3.05, 3.63) is 53.1 Å². The molecule has 2 saturated carbocycles. The van der Waals surface area contributed by atoms with E-state index >= 15 is 4.79 Å². The number of aromatic nitrogens is 1. The van der Waals surface area contributed by atoms with E-state index in [0.29, 0.717) is 18.0 Å². The summed E-state index contributed by atoms with van der Waals surface area (Å²) in [5, 5.41) is 0.368. The molecule has 3 aromatic rings. The van der Waals surface area contributed by atoms with Crippen LogP contribution in [0.2, 0.25) is 0 Å². The fourth-order valence-corrected chi connectivity index (χ4v) is 10.5. The van der Waals surface area contributed by atoms with Gasteiger partial charge in [0, 0.05) is 59.5 Å². The average Bonchev–Trinajstić information content (AvgIpc) is 3.63. The summed E-state index contributed by atoms with van der Waals surface area (Å²) in [5.41, 5.74) is 5.58. The third-order valence-electron chi connectivity index (χ3n) is 12.6. The molecule has 5 aliphatic rings. The topological polar surface area (TPSA) is 101 Å². The minimum absolute atomic E-state index is 0.0750. The molecule has 2 amide bonds. The number of nitrogens with one attached hydrogen (secondary N) is 1. The van der Waals surface area contributed by atoms with Crippen LogP contribution in [0.4, 0.5) is 0 Å². The molecule has 9 nitrogen and oxygen atoms in total. The molecule has 8 rings (SSSR count). The van der Waals surface area contributed by atoms with Gasteiger partial charge in [-0.1, -0.05) is 25.3 Å². The minimum Gasteiger partial charge on any atom is -0.497 e. The van der Waals surface area contributed by atoms with Crippen molar-refractivity contribution in [2.24, 2.45) is 10.8 Å². The zero-order valence-electron chi connectivity index (χ0n) is 29.4. The minimum atomic E-state index is -3.80. The Morgan fingerprint density at radius 1 is 0.959 bits per heavy atom. The lowest BCUT2D eigenvalue weighted by Crippen LogP contribution is -2.50. The number of piperidine rings is 1. The largest absolute Gasteiger partial charge is 0.497 e. The monoisotopic (exact) mass is 686 g/mol. The van der Waals surface area contributed by atoms with Crippen molar-refractivity contribution in [2.75, 3.05) is 40.3 Å². The van der Waals surface area contributed by atoms with Crippen LogP contribution in [0.1, 0.15) is 105 Å². The maximum absolute atomic E-state index is 15.0. The van der Waals surface area contributed by atoms with Crippen molar-refractivity contribution >= 4 is 32.7 Å². The van der Waals surface area contributed by atoms with Gasteiger partial charge in [0.1, 0.15) is 5.75 Å². The number of benzene rings is 2. The lowest BCUT2D eigenvalue weighted by Gasteiger charge is -2.42. The number of nitrogens with zero attached hydrogens (tertiary/aromatic N) is 3. The van der Waals surface area contributed by atoms with E-state index in [1.165, 1.54) is 36.8 Å². The first-order valence-electron chi connectivity index (χ1n) is 18.3. The highest BCUT2D eigenvalue weighted by Crippen LogP contribution is 2.66. The lowest BCUT2D eigenvalue weighted by molar-refractivity contribution is -0.141. The standard InChI is InChI=1S/C39H50N4O5S/c1-25(2)49(46,47)40-36(44)27-11-13-30-33(19-27)43-24-39(37(45)42-17-8-15-38(23-42)16-18-41(3)22-38)21-32(39)31-20-28(48-4)12-14-29(31)35(43)34(30)26-9-6-5-7-10-26/h11-14,19-20,25-26,32H,5-10,15-18,21-24H2,1-4H3,(H,40,44). The normalized spacial score (nSPS) is 27.1. The molecule has 2 aromatic carbocycles. The van der Waals surface area contributed by atoms with Crippen molar-refractivity contribution in [1.82, 2.24) is 19.1 Å². The van der Waals surface area contributed by atoms with Gasteiger partial charge in [-0.2, -0.15) is 0 Å². The summed E-state index contributed by atoms with van der Waals surface area (Å²) < 4.78 is 35.8. The lowest BCUT2D eigenvalue weighted by atomic mass is 9.78. The zero-order chi connectivity index (χ0) is 34.3. The molecule has 4 heterocycles. The second kappa shape index (κ2) is 11.9. The quantitative estimate of drug-likeness (QED) is 0.329. The van der Waals surface area contributed by atoms with Crippen LogP contribution in [-0.2, 0) is 21.4 Å². The van der Waals surface area contributed by atoms with Crippen LogP contribution in [0.15, 0.2) is 36.4 Å². The van der Waals surface area contributed by atoms with Gasteiger partial charge < -0.3 is 19.1 Å². The first-order valence-corrected chi connectivity index (χ1v) is 19.9. The van der Waals surface area contributed by atoms with Gasteiger partial charge in [-0.15, -0.1) is 0 Å². The molecular weight excluding hydrogens is 637 g/mol. The van der Waals surface area contributed by atoms with E-state index in [2.05, 4.69) is 38.3 Å². The Labute approximate surface area is 290 Å². The second-order valence-electron chi connectivity index (χ2n) is 16.1. The van der Waals surface area contributed by atoms with Crippen molar-refractivity contribution < 1.29 is 22.7 Å². The van der Waals surface area contributed by atoms with Crippen LogP contribution >= 0.6 is 0 Å². The zero-order valence-corrected chi connectivity index (χ0v) is 30.2. The van der Waals surface area contributed by atoms with Gasteiger partial charge in [0.05, 0.1) is 23.5 Å². The van der Waals surface area contributed by atoms with E-state index in [1.54, 1.807) is 27.0 Å². The van der Waals surface area contributed by atoms with Crippen molar-refractivity contribution in [3.8, 4) is 17.0 Å². The number of ether oxygens (including phenoxy) is 1. The fraction of sp³-hybridized carbons (Fsp3) is 0.590. The molecule has 3 unspecified atom stereocenters. The molecule has 1 N–H and O–H groups in total. The van der Waals surface area contributed by atoms with Gasteiger partial charge in [-0.05, 0) is 113 Å². The number of sulfonamides is 1. The van der Waals surface area contributed by atoms with E-state index < -0.39 is 26.6 Å². The van der Waals surface area contributed by atoms with Gasteiger partial charge in [-0.25, -0.2) is 13.1 Å². The molecule has 4 fully saturated rings. The number of amides is 2. The Morgan fingerprint density at radius 2 is 1.76 bits per heavy atom. The number of carbonyl (C=O) groups excluding carboxylic acids is 2. The first kappa shape index (κ1) is 32.8. The highest BCUT2D eigenvalue weighted by Gasteiger charge is 2.64. The van der Waals surface area contributed by atoms with Crippen LogP contribution in [0.25, 0.3) is 22.2 Å². The van der Waals surface area contributed by atoms with E-state index in [-0.39, 0.29) is 17.2 Å². The Hall–Kier alpha value is -3.37. The summed E-state index contributed by atoms with van der Waals surface area (Å²) in [6.07, 6.45) is 9.91. The fourth-order valence-electron chi connectivity index (χ4n) is 9.92. The Kier molecular flexibility index (Phi) is 7.94. The van der Waals surface area contributed by atoms with Crippen LogP contribution in [0, 0.1) is 10.8 Å². The summed E-state index contributed by atoms with van der Waals surface area (Å²) in [6.45, 7) is 7.40. The molecule has 2 saturated heterocycles. The van der Waals surface area contributed by atoms with Crippen LogP contribution in [0.5, 0.6) is 5.75 Å². The van der Waals surface area contributed by atoms with E-state index in [9.17, 15) is 13.2 Å². The summed E-state index contributed by atoms with van der Waals surface area (Å²) >= 11 is 0. The SMILES string of the molecule is COc1ccc2c(c1)C1CC1(C(=O)N1CCCC3(CCN(C)C3)C1)Cn1c-2c(C2CCCCC2)c2ccc(C(=O)NS(=O)(=O)C(C)C)cc21. The maximum Gasteiger partial charge on any atom is 0.264 e. The number of methoxy groups -OCH3 is 1. The number of rotatable bonds is 6. The van der Waals surface area contributed by atoms with Gasteiger partial charge in [-0.3, -0.25) is 9.59 Å².